The smallest absolute Gasteiger partial charge is 0.315 e. The van der Waals surface area contributed by atoms with Crippen molar-refractivity contribution in [3.05, 3.63) is 29.8 Å². The van der Waals surface area contributed by atoms with Crippen LogP contribution < -0.4 is 5.32 Å². The van der Waals surface area contributed by atoms with E-state index in [1.165, 1.54) is 30.2 Å². The lowest BCUT2D eigenvalue weighted by atomic mass is 10.1. The van der Waals surface area contributed by atoms with Gasteiger partial charge in [-0.1, -0.05) is 42.5 Å². The summed E-state index contributed by atoms with van der Waals surface area (Å²) in [4.78, 5) is 23.5. The zero-order valence-electron chi connectivity index (χ0n) is 13.7. The van der Waals surface area contributed by atoms with Gasteiger partial charge in [0, 0.05) is 5.56 Å². The van der Waals surface area contributed by atoms with E-state index < -0.39 is 0 Å². The minimum Gasteiger partial charge on any atom is -0.468 e. The second-order valence-electron chi connectivity index (χ2n) is 5.00. The number of nitrogens with one attached hydrogen (secondary N) is 1. The van der Waals surface area contributed by atoms with Crippen LogP contribution in [0.5, 0.6) is 0 Å². The molecule has 24 heavy (non-hydrogen) atoms. The van der Waals surface area contributed by atoms with Crippen LogP contribution >= 0.6 is 23.1 Å². The van der Waals surface area contributed by atoms with E-state index in [-0.39, 0.29) is 22.9 Å². The number of hydrogen-bond acceptors (Lipinski definition) is 7. The number of amides is 1. The quantitative estimate of drug-likeness (QED) is 0.759. The highest BCUT2D eigenvalue weighted by atomic mass is 32.2. The Labute approximate surface area is 149 Å². The maximum atomic E-state index is 12.3. The molecule has 1 heterocycles. The molecule has 2 aromatic rings. The lowest BCUT2D eigenvalue weighted by Crippen LogP contribution is -2.25. The molecule has 2 rings (SSSR count). The van der Waals surface area contributed by atoms with E-state index in [1.807, 2.05) is 38.1 Å². The van der Waals surface area contributed by atoms with Crippen molar-refractivity contribution < 1.29 is 14.3 Å². The maximum Gasteiger partial charge on any atom is 0.315 e. The zero-order chi connectivity index (χ0) is 17.5. The van der Waals surface area contributed by atoms with Crippen LogP contribution in [-0.4, -0.2) is 40.2 Å². The first-order chi connectivity index (χ1) is 11.5. The molecule has 0 unspecified atom stereocenters. The number of rotatable bonds is 7. The van der Waals surface area contributed by atoms with E-state index in [0.717, 1.165) is 16.1 Å². The highest BCUT2D eigenvalue weighted by Crippen LogP contribution is 2.29. The number of hydrogen-bond donors (Lipinski definition) is 1. The molecule has 0 radical (unpaired) electrons. The maximum absolute atomic E-state index is 12.3. The summed E-state index contributed by atoms with van der Waals surface area (Å²) < 4.78 is 4.59. The van der Waals surface area contributed by atoms with Crippen molar-refractivity contribution in [2.75, 3.05) is 18.2 Å². The molecule has 0 saturated heterocycles. The fraction of sp³-hybridized carbons (Fsp3) is 0.375. The number of carbonyl (C=O) groups excluding carboxylic acids is 2. The highest BCUT2D eigenvalue weighted by Gasteiger charge is 2.20. The fourth-order valence-electron chi connectivity index (χ4n) is 1.99. The molecular formula is C16H19N3O3S2. The predicted molar refractivity (Wildman–Crippen MR) is 97.3 cm³/mol. The topological polar surface area (TPSA) is 81.2 Å². The van der Waals surface area contributed by atoms with Gasteiger partial charge < -0.3 is 4.74 Å². The number of anilines is 1. The van der Waals surface area contributed by atoms with Crippen molar-refractivity contribution in [2.45, 2.75) is 25.5 Å². The Balaban J connectivity index is 2.01. The van der Waals surface area contributed by atoms with Crippen LogP contribution in [-0.2, 0) is 14.3 Å². The number of ether oxygens (including phenoxy) is 1. The highest BCUT2D eigenvalue weighted by molar-refractivity contribution is 8.01. The summed E-state index contributed by atoms with van der Waals surface area (Å²) in [5.41, 5.74) is 2.11. The van der Waals surface area contributed by atoms with E-state index >= 15 is 0 Å². The molecule has 0 aliphatic carbocycles. The molecule has 6 nitrogen and oxygen atoms in total. The fourth-order valence-corrected chi connectivity index (χ4v) is 3.73. The second kappa shape index (κ2) is 8.79. The predicted octanol–water partition coefficient (Wildman–Crippen LogP) is 3.14. The van der Waals surface area contributed by atoms with Gasteiger partial charge in [0.2, 0.25) is 11.0 Å². The number of thioether (sulfide) groups is 1. The first kappa shape index (κ1) is 18.4. The van der Waals surface area contributed by atoms with Gasteiger partial charge in [0.25, 0.3) is 0 Å². The van der Waals surface area contributed by atoms with Crippen LogP contribution in [0.4, 0.5) is 5.13 Å². The van der Waals surface area contributed by atoms with Crippen LogP contribution in [0.3, 0.4) is 0 Å². The van der Waals surface area contributed by atoms with Crippen LogP contribution in [0, 0.1) is 6.92 Å². The third kappa shape index (κ3) is 4.78. The summed E-state index contributed by atoms with van der Waals surface area (Å²) in [5, 5.41) is 11.8. The van der Waals surface area contributed by atoms with Gasteiger partial charge in [-0.3, -0.25) is 14.9 Å². The summed E-state index contributed by atoms with van der Waals surface area (Å²) in [6, 6.07) is 7.89. The van der Waals surface area contributed by atoms with E-state index in [4.69, 9.17) is 0 Å². The number of aryl methyl sites for hydroxylation is 1. The molecule has 0 fully saturated rings. The Morgan fingerprint density at radius 2 is 2.08 bits per heavy atom. The Bertz CT molecular complexity index is 718. The molecule has 1 atom stereocenters. The Morgan fingerprint density at radius 3 is 2.75 bits per heavy atom. The van der Waals surface area contributed by atoms with Gasteiger partial charge >= 0.3 is 5.97 Å². The van der Waals surface area contributed by atoms with E-state index in [1.54, 1.807) is 0 Å². The van der Waals surface area contributed by atoms with Crippen molar-refractivity contribution in [1.82, 2.24) is 10.2 Å². The molecule has 0 aliphatic rings. The largest absolute Gasteiger partial charge is 0.468 e. The lowest BCUT2D eigenvalue weighted by Gasteiger charge is -2.12. The van der Waals surface area contributed by atoms with Gasteiger partial charge in [-0.2, -0.15) is 0 Å². The summed E-state index contributed by atoms with van der Waals surface area (Å²) in [5.74, 6) is -0.379. The number of carbonyl (C=O) groups is 2. The number of esters is 1. The molecule has 8 heteroatoms. The van der Waals surface area contributed by atoms with Gasteiger partial charge in [0.1, 0.15) is 5.01 Å². The molecule has 0 spiro atoms. The van der Waals surface area contributed by atoms with Crippen LogP contribution in [0.15, 0.2) is 24.3 Å². The number of aromatic nitrogens is 2. The Morgan fingerprint density at radius 1 is 1.33 bits per heavy atom. The normalized spacial score (nSPS) is 11.8. The molecule has 0 saturated carbocycles. The zero-order valence-corrected chi connectivity index (χ0v) is 15.4. The van der Waals surface area contributed by atoms with Crippen LogP contribution in [0.1, 0.15) is 18.9 Å². The third-order valence-electron chi connectivity index (χ3n) is 3.32. The summed E-state index contributed by atoms with van der Waals surface area (Å²) in [6.45, 7) is 3.90. The Hall–Kier alpha value is -1.93. The van der Waals surface area contributed by atoms with E-state index in [2.05, 4.69) is 20.3 Å². The van der Waals surface area contributed by atoms with Crippen molar-refractivity contribution >= 4 is 40.1 Å². The Kier molecular flexibility index (Phi) is 6.74. The molecule has 1 N–H and O–H groups in total. The third-order valence-corrected chi connectivity index (χ3v) is 5.55. The molecular weight excluding hydrogens is 346 g/mol. The van der Waals surface area contributed by atoms with Crippen LogP contribution in [0.2, 0.25) is 0 Å². The minimum absolute atomic E-state index is 0.146. The summed E-state index contributed by atoms with van der Waals surface area (Å²) >= 11 is 2.59. The van der Waals surface area contributed by atoms with Crippen molar-refractivity contribution in [2.24, 2.45) is 0 Å². The average molecular weight is 365 g/mol. The van der Waals surface area contributed by atoms with E-state index in [9.17, 15) is 9.59 Å². The molecule has 128 valence electrons. The standard InChI is InChI=1S/C16H19N3O3S2/c1-4-12(23-9-13(20)22-3)14(21)17-16-19-18-15(24-16)11-8-6-5-7-10(11)2/h5-8,12H,4,9H2,1-3H3,(H,17,19,21)/t12-/m0/s1. The van der Waals surface area contributed by atoms with Crippen molar-refractivity contribution in [3.63, 3.8) is 0 Å². The van der Waals surface area contributed by atoms with Crippen LogP contribution in [0.25, 0.3) is 10.6 Å². The molecule has 0 aliphatic heterocycles. The molecule has 1 aromatic heterocycles. The lowest BCUT2D eigenvalue weighted by molar-refractivity contribution is -0.137. The second-order valence-corrected chi connectivity index (χ2v) is 7.17. The van der Waals surface area contributed by atoms with Gasteiger partial charge in [-0.05, 0) is 18.9 Å². The van der Waals surface area contributed by atoms with Crippen molar-refractivity contribution in [1.29, 1.82) is 0 Å². The molecule has 0 bridgehead atoms. The number of benzene rings is 1. The van der Waals surface area contributed by atoms with Gasteiger partial charge in [0.05, 0.1) is 18.1 Å². The minimum atomic E-state index is -0.344. The first-order valence-corrected chi connectivity index (χ1v) is 9.30. The summed E-state index contributed by atoms with van der Waals surface area (Å²) in [6.07, 6.45) is 0.608. The summed E-state index contributed by atoms with van der Waals surface area (Å²) in [7, 11) is 1.33. The van der Waals surface area contributed by atoms with Gasteiger partial charge in [-0.15, -0.1) is 22.0 Å². The average Bonchev–Trinajstić information content (AvgIpc) is 3.03. The van der Waals surface area contributed by atoms with Crippen molar-refractivity contribution in [3.8, 4) is 10.6 Å². The SMILES string of the molecule is CC[C@H](SCC(=O)OC)C(=O)Nc1nnc(-c2ccccc2C)s1. The molecule has 1 amide bonds. The molecule has 1 aromatic carbocycles. The number of nitrogens with zero attached hydrogens (tertiary/aromatic N) is 2. The van der Waals surface area contributed by atoms with Gasteiger partial charge in [0.15, 0.2) is 0 Å². The monoisotopic (exact) mass is 365 g/mol. The number of methoxy groups -OCH3 is 1. The van der Waals surface area contributed by atoms with Gasteiger partial charge in [-0.25, -0.2) is 0 Å². The van der Waals surface area contributed by atoms with E-state index in [0.29, 0.717) is 11.6 Å². The first-order valence-electron chi connectivity index (χ1n) is 7.44.